The van der Waals surface area contributed by atoms with E-state index in [2.05, 4.69) is 31.2 Å². The van der Waals surface area contributed by atoms with E-state index in [4.69, 9.17) is 4.98 Å². The van der Waals surface area contributed by atoms with Crippen molar-refractivity contribution in [1.29, 1.82) is 0 Å². The fourth-order valence-corrected chi connectivity index (χ4v) is 6.93. The standard InChI is InChI=1S/C24H32N8O4S/c33-12-13-11-16(20(35)19(13)34)26-21-18(23-27-15-3-1-2-4-17(15)37-23)22(36)29-24(28-21)31-8-5-14(6-9-31)32-10-7-25-30-32/h1-4,7,10,13-14,16,18-21,24,26,28,33-35H,5-6,8-9,11-12H2,(H,29,36)/t13-,16-,18?,19-,20+,21?,24?/m1/s1. The summed E-state index contributed by atoms with van der Waals surface area (Å²) in [6.07, 6.45) is 2.73. The Morgan fingerprint density at radius 3 is 2.68 bits per heavy atom. The molecular formula is C24H32N8O4S. The zero-order valence-electron chi connectivity index (χ0n) is 20.2. The summed E-state index contributed by atoms with van der Waals surface area (Å²) >= 11 is 1.48. The molecule has 1 saturated carbocycles. The van der Waals surface area contributed by atoms with Gasteiger partial charge in [0.15, 0.2) is 0 Å². The van der Waals surface area contributed by atoms with Crippen molar-refractivity contribution in [3.63, 3.8) is 0 Å². The number of nitrogens with one attached hydrogen (secondary N) is 3. The number of likely N-dealkylation sites (tertiary alicyclic amines) is 1. The zero-order chi connectivity index (χ0) is 25.5. The van der Waals surface area contributed by atoms with Crippen LogP contribution < -0.4 is 16.0 Å². The van der Waals surface area contributed by atoms with Crippen LogP contribution in [0.5, 0.6) is 0 Å². The number of aliphatic hydroxyl groups is 3. The van der Waals surface area contributed by atoms with E-state index in [0.29, 0.717) is 11.4 Å². The van der Waals surface area contributed by atoms with E-state index in [1.54, 1.807) is 6.20 Å². The van der Waals surface area contributed by atoms with Crippen molar-refractivity contribution in [2.45, 2.75) is 61.9 Å². The Balaban J connectivity index is 1.23. The molecular weight excluding hydrogens is 496 g/mol. The van der Waals surface area contributed by atoms with Gasteiger partial charge in [0.05, 0.1) is 40.8 Å². The zero-order valence-corrected chi connectivity index (χ0v) is 21.0. The van der Waals surface area contributed by atoms with Gasteiger partial charge in [-0.15, -0.1) is 16.4 Å². The van der Waals surface area contributed by atoms with Crippen molar-refractivity contribution in [1.82, 2.24) is 40.8 Å². The van der Waals surface area contributed by atoms with E-state index in [1.807, 2.05) is 35.1 Å². The molecule has 2 aromatic heterocycles. The summed E-state index contributed by atoms with van der Waals surface area (Å²) < 4.78 is 2.89. The van der Waals surface area contributed by atoms with E-state index in [0.717, 1.165) is 36.1 Å². The van der Waals surface area contributed by atoms with Gasteiger partial charge in [-0.25, -0.2) is 9.67 Å². The van der Waals surface area contributed by atoms with Gasteiger partial charge >= 0.3 is 0 Å². The summed E-state index contributed by atoms with van der Waals surface area (Å²) in [5.74, 6) is -1.19. The number of piperidine rings is 1. The van der Waals surface area contributed by atoms with Gasteiger partial charge in [-0.1, -0.05) is 17.3 Å². The highest BCUT2D eigenvalue weighted by Crippen LogP contribution is 2.33. The highest BCUT2D eigenvalue weighted by Gasteiger charge is 2.46. The van der Waals surface area contributed by atoms with Crippen LogP contribution in [0.1, 0.15) is 36.2 Å². The van der Waals surface area contributed by atoms with E-state index in [9.17, 15) is 20.1 Å². The molecule has 12 nitrogen and oxygen atoms in total. The Hall–Kier alpha value is -2.52. The summed E-state index contributed by atoms with van der Waals surface area (Å²) in [7, 11) is 0. The van der Waals surface area contributed by atoms with Crippen LogP contribution in [0.15, 0.2) is 36.7 Å². The number of hydrogen-bond donors (Lipinski definition) is 6. The summed E-state index contributed by atoms with van der Waals surface area (Å²) in [5, 5.41) is 49.5. The maximum absolute atomic E-state index is 13.6. The van der Waals surface area contributed by atoms with E-state index in [-0.39, 0.29) is 18.6 Å². The molecule has 7 atom stereocenters. The van der Waals surface area contributed by atoms with Crippen LogP contribution in [-0.2, 0) is 4.79 Å². The van der Waals surface area contributed by atoms with Gasteiger partial charge in [-0.3, -0.25) is 20.3 Å². The van der Waals surface area contributed by atoms with Gasteiger partial charge in [-0.05, 0) is 31.4 Å². The number of nitrogens with zero attached hydrogens (tertiary/aromatic N) is 5. The lowest BCUT2D eigenvalue weighted by Gasteiger charge is -2.45. The normalized spacial score (nSPS) is 33.7. The van der Waals surface area contributed by atoms with Gasteiger partial charge in [0.2, 0.25) is 5.91 Å². The average molecular weight is 529 g/mol. The van der Waals surface area contributed by atoms with Gasteiger partial charge in [0, 0.05) is 37.9 Å². The topological polar surface area (TPSA) is 161 Å². The van der Waals surface area contributed by atoms with Crippen LogP contribution in [0.3, 0.4) is 0 Å². The fraction of sp³-hybridized carbons (Fsp3) is 0.583. The maximum Gasteiger partial charge on any atom is 0.235 e. The Morgan fingerprint density at radius 2 is 1.97 bits per heavy atom. The molecule has 3 fully saturated rings. The number of aliphatic hydroxyl groups excluding tert-OH is 3. The van der Waals surface area contributed by atoms with Gasteiger partial charge in [0.1, 0.15) is 17.2 Å². The lowest BCUT2D eigenvalue weighted by atomic mass is 10.0. The predicted octanol–water partition coefficient (Wildman–Crippen LogP) is -0.670. The minimum atomic E-state index is -1.04. The van der Waals surface area contributed by atoms with Crippen LogP contribution >= 0.6 is 11.3 Å². The number of carbonyl (C=O) groups is 1. The third kappa shape index (κ3) is 4.76. The van der Waals surface area contributed by atoms with Crippen LogP contribution in [0.25, 0.3) is 10.2 Å². The quantitative estimate of drug-likeness (QED) is 0.242. The second-order valence-electron chi connectivity index (χ2n) is 10.1. The second-order valence-corrected chi connectivity index (χ2v) is 11.2. The highest BCUT2D eigenvalue weighted by molar-refractivity contribution is 7.18. The molecule has 0 spiro atoms. The molecule has 6 N–H and O–H groups in total. The molecule has 6 rings (SSSR count). The number of carbonyl (C=O) groups excluding carboxylic acids is 1. The first-order chi connectivity index (χ1) is 18.0. The molecule has 2 saturated heterocycles. The predicted molar refractivity (Wildman–Crippen MR) is 135 cm³/mol. The van der Waals surface area contributed by atoms with Gasteiger partial charge < -0.3 is 20.6 Å². The first-order valence-corrected chi connectivity index (χ1v) is 13.6. The Kier molecular flexibility index (Phi) is 6.92. The van der Waals surface area contributed by atoms with Crippen molar-refractivity contribution < 1.29 is 20.1 Å². The van der Waals surface area contributed by atoms with Crippen molar-refractivity contribution >= 4 is 27.5 Å². The molecule has 1 aliphatic carbocycles. The van der Waals surface area contributed by atoms with E-state index in [1.165, 1.54) is 11.3 Å². The summed E-state index contributed by atoms with van der Waals surface area (Å²) in [6.45, 7) is 1.32. The first-order valence-electron chi connectivity index (χ1n) is 12.8. The maximum atomic E-state index is 13.6. The van der Waals surface area contributed by atoms with Crippen molar-refractivity contribution in [3.8, 4) is 0 Å². The number of fused-ring (bicyclic) bond motifs is 1. The van der Waals surface area contributed by atoms with Crippen molar-refractivity contribution in [2.75, 3.05) is 19.7 Å². The third-order valence-electron chi connectivity index (χ3n) is 7.92. The Bertz CT molecular complexity index is 1180. The number of aromatic nitrogens is 4. The molecule has 3 unspecified atom stereocenters. The summed E-state index contributed by atoms with van der Waals surface area (Å²) in [4.78, 5) is 20.5. The Labute approximate surface area is 217 Å². The van der Waals surface area contributed by atoms with Gasteiger partial charge in [0.25, 0.3) is 0 Å². The number of hydrogen-bond acceptors (Lipinski definition) is 11. The van der Waals surface area contributed by atoms with Crippen LogP contribution in [0.2, 0.25) is 0 Å². The number of thiazole rings is 1. The monoisotopic (exact) mass is 528 g/mol. The lowest BCUT2D eigenvalue weighted by Crippen LogP contribution is -2.71. The molecule has 3 aliphatic rings. The van der Waals surface area contributed by atoms with E-state index >= 15 is 0 Å². The number of amides is 1. The van der Waals surface area contributed by atoms with Crippen LogP contribution in [0, 0.1) is 5.92 Å². The number of rotatable bonds is 6. The minimum Gasteiger partial charge on any atom is -0.396 e. The molecule has 1 amide bonds. The molecule has 4 heterocycles. The molecule has 3 aromatic rings. The third-order valence-corrected chi connectivity index (χ3v) is 9.04. The molecule has 13 heteroatoms. The lowest BCUT2D eigenvalue weighted by molar-refractivity contribution is -0.130. The SMILES string of the molecule is O=C1NC(N2CCC(n3ccnn3)CC2)NC(N[C@@H]2C[C@H](CO)[C@@H](O)[C@H]2O)C1c1nc2ccccc2s1. The number of para-hydroxylation sites is 1. The van der Waals surface area contributed by atoms with Crippen LogP contribution in [-0.4, -0.2) is 96.5 Å². The Morgan fingerprint density at radius 1 is 1.16 bits per heavy atom. The summed E-state index contributed by atoms with van der Waals surface area (Å²) in [5.41, 5.74) is 0.836. The smallest absolute Gasteiger partial charge is 0.235 e. The largest absolute Gasteiger partial charge is 0.396 e. The summed E-state index contributed by atoms with van der Waals surface area (Å²) in [6, 6.07) is 7.57. The first kappa shape index (κ1) is 24.8. The van der Waals surface area contributed by atoms with E-state index < -0.39 is 42.5 Å². The molecule has 37 heavy (non-hydrogen) atoms. The molecule has 0 radical (unpaired) electrons. The van der Waals surface area contributed by atoms with Gasteiger partial charge in [-0.2, -0.15) is 0 Å². The van der Waals surface area contributed by atoms with Crippen molar-refractivity contribution in [3.05, 3.63) is 41.7 Å². The molecule has 198 valence electrons. The molecule has 2 aliphatic heterocycles. The van der Waals surface area contributed by atoms with Crippen LogP contribution in [0.4, 0.5) is 0 Å². The molecule has 0 bridgehead atoms. The number of benzene rings is 1. The highest BCUT2D eigenvalue weighted by atomic mass is 32.1. The van der Waals surface area contributed by atoms with Crippen molar-refractivity contribution in [2.24, 2.45) is 5.92 Å². The fourth-order valence-electron chi connectivity index (χ4n) is 5.83. The second kappa shape index (κ2) is 10.3. The minimum absolute atomic E-state index is 0.148. The molecule has 1 aromatic carbocycles. The average Bonchev–Trinajstić information content (AvgIpc) is 3.65.